The first-order valence-corrected chi connectivity index (χ1v) is 6.12. The van der Waals surface area contributed by atoms with Crippen LogP contribution in [-0.4, -0.2) is 17.0 Å². The molecule has 19 heavy (non-hydrogen) atoms. The maximum atomic E-state index is 12.9. The molecule has 0 aromatic heterocycles. The van der Waals surface area contributed by atoms with Gasteiger partial charge in [-0.1, -0.05) is 12.1 Å². The van der Waals surface area contributed by atoms with Crippen LogP contribution < -0.4 is 5.32 Å². The summed E-state index contributed by atoms with van der Waals surface area (Å²) in [4.78, 5) is 22.7. The molecule has 1 aromatic carbocycles. The lowest BCUT2D eigenvalue weighted by Crippen LogP contribution is -2.42. The SMILES string of the molecule is CC(C)(NC(=O)[C@H]1C[C@@H]1C(=O)O)c1ccc(F)cc1. The Balaban J connectivity index is 2.03. The zero-order chi connectivity index (χ0) is 14.2. The lowest BCUT2D eigenvalue weighted by atomic mass is 9.94. The van der Waals surface area contributed by atoms with Gasteiger partial charge in [0.15, 0.2) is 0 Å². The van der Waals surface area contributed by atoms with Gasteiger partial charge in [-0.25, -0.2) is 4.39 Å². The molecule has 1 fully saturated rings. The first kappa shape index (κ1) is 13.5. The maximum absolute atomic E-state index is 12.9. The quantitative estimate of drug-likeness (QED) is 0.873. The molecule has 0 unspecified atom stereocenters. The van der Waals surface area contributed by atoms with E-state index in [1.54, 1.807) is 26.0 Å². The monoisotopic (exact) mass is 265 g/mol. The number of carbonyl (C=O) groups is 2. The number of carboxylic acid groups (broad SMARTS) is 1. The van der Waals surface area contributed by atoms with Crippen molar-refractivity contribution in [1.82, 2.24) is 5.32 Å². The molecule has 0 saturated heterocycles. The summed E-state index contributed by atoms with van der Waals surface area (Å²) in [7, 11) is 0. The van der Waals surface area contributed by atoms with Gasteiger partial charge in [0.1, 0.15) is 5.82 Å². The first-order valence-electron chi connectivity index (χ1n) is 6.12. The van der Waals surface area contributed by atoms with Crippen molar-refractivity contribution in [3.05, 3.63) is 35.6 Å². The van der Waals surface area contributed by atoms with Crippen molar-refractivity contribution < 1.29 is 19.1 Å². The lowest BCUT2D eigenvalue weighted by molar-refractivity contribution is -0.140. The molecule has 0 spiro atoms. The van der Waals surface area contributed by atoms with Gasteiger partial charge >= 0.3 is 5.97 Å². The lowest BCUT2D eigenvalue weighted by Gasteiger charge is -2.27. The molecule has 1 amide bonds. The van der Waals surface area contributed by atoms with Crippen LogP contribution in [0, 0.1) is 17.7 Å². The van der Waals surface area contributed by atoms with Gasteiger partial charge in [-0.3, -0.25) is 9.59 Å². The van der Waals surface area contributed by atoms with Crippen LogP contribution in [0.3, 0.4) is 0 Å². The Bertz CT molecular complexity index is 510. The highest BCUT2D eigenvalue weighted by Gasteiger charge is 2.49. The van der Waals surface area contributed by atoms with Gasteiger partial charge < -0.3 is 10.4 Å². The van der Waals surface area contributed by atoms with Crippen molar-refractivity contribution in [1.29, 1.82) is 0 Å². The van der Waals surface area contributed by atoms with Crippen LogP contribution in [0.5, 0.6) is 0 Å². The van der Waals surface area contributed by atoms with Gasteiger partial charge in [-0.15, -0.1) is 0 Å². The van der Waals surface area contributed by atoms with Gasteiger partial charge in [-0.2, -0.15) is 0 Å². The maximum Gasteiger partial charge on any atom is 0.307 e. The van der Waals surface area contributed by atoms with Crippen molar-refractivity contribution in [2.75, 3.05) is 0 Å². The van der Waals surface area contributed by atoms with Gasteiger partial charge in [0.25, 0.3) is 0 Å². The third-order valence-electron chi connectivity index (χ3n) is 3.45. The van der Waals surface area contributed by atoms with Gasteiger partial charge in [0.05, 0.1) is 17.4 Å². The minimum Gasteiger partial charge on any atom is -0.481 e. The molecule has 2 rings (SSSR count). The largest absolute Gasteiger partial charge is 0.481 e. The predicted octanol–water partition coefficient (Wildman–Crippen LogP) is 1.90. The smallest absolute Gasteiger partial charge is 0.307 e. The number of carbonyl (C=O) groups excluding carboxylic acids is 1. The topological polar surface area (TPSA) is 66.4 Å². The fourth-order valence-corrected chi connectivity index (χ4v) is 2.10. The van der Waals surface area contributed by atoms with E-state index >= 15 is 0 Å². The molecule has 1 aliphatic carbocycles. The fraction of sp³-hybridized carbons (Fsp3) is 0.429. The van der Waals surface area contributed by atoms with Crippen LogP contribution in [-0.2, 0) is 15.1 Å². The second kappa shape index (κ2) is 4.64. The molecular formula is C14H16FNO3. The zero-order valence-corrected chi connectivity index (χ0v) is 10.8. The molecule has 102 valence electrons. The van der Waals surface area contributed by atoms with Crippen LogP contribution in [0.1, 0.15) is 25.8 Å². The van der Waals surface area contributed by atoms with E-state index in [1.807, 2.05) is 0 Å². The molecule has 5 heteroatoms. The average Bonchev–Trinajstić information content (AvgIpc) is 3.08. The standard InChI is InChI=1S/C14H16FNO3/c1-14(2,8-3-5-9(15)6-4-8)16-12(17)10-7-11(10)13(18)19/h3-6,10-11H,7H2,1-2H3,(H,16,17)(H,18,19)/t10-,11-/m0/s1. The number of hydrogen-bond donors (Lipinski definition) is 2. The molecule has 1 saturated carbocycles. The van der Waals surface area contributed by atoms with Gasteiger partial charge in [0, 0.05) is 0 Å². The van der Waals surface area contributed by atoms with Crippen molar-refractivity contribution >= 4 is 11.9 Å². The predicted molar refractivity (Wildman–Crippen MR) is 66.8 cm³/mol. The van der Waals surface area contributed by atoms with E-state index in [-0.39, 0.29) is 11.7 Å². The Hall–Kier alpha value is -1.91. The summed E-state index contributed by atoms with van der Waals surface area (Å²) < 4.78 is 12.9. The molecule has 0 aliphatic heterocycles. The number of aliphatic carboxylic acids is 1. The summed E-state index contributed by atoms with van der Waals surface area (Å²) in [6, 6.07) is 5.88. The van der Waals surface area contributed by atoms with Crippen LogP contribution >= 0.6 is 0 Å². The Morgan fingerprint density at radius 1 is 1.26 bits per heavy atom. The van der Waals surface area contributed by atoms with E-state index in [0.717, 1.165) is 5.56 Å². The first-order chi connectivity index (χ1) is 8.81. The summed E-state index contributed by atoms with van der Waals surface area (Å²) in [5, 5.41) is 11.6. The molecule has 1 aromatic rings. The van der Waals surface area contributed by atoms with Crippen molar-refractivity contribution in [2.45, 2.75) is 25.8 Å². The highest BCUT2D eigenvalue weighted by Crippen LogP contribution is 2.39. The Labute approximate surface area is 110 Å². The van der Waals surface area contributed by atoms with Gasteiger partial charge in [0.2, 0.25) is 5.91 Å². The van der Waals surface area contributed by atoms with Crippen molar-refractivity contribution in [3.63, 3.8) is 0 Å². The number of halogens is 1. The molecule has 2 N–H and O–H groups in total. The second-order valence-corrected chi connectivity index (χ2v) is 5.41. The summed E-state index contributed by atoms with van der Waals surface area (Å²) in [5.74, 6) is -2.54. The van der Waals surface area contributed by atoms with E-state index < -0.39 is 23.3 Å². The highest BCUT2D eigenvalue weighted by molar-refractivity contribution is 5.89. The van der Waals surface area contributed by atoms with E-state index in [1.165, 1.54) is 12.1 Å². The molecule has 0 heterocycles. The van der Waals surface area contributed by atoms with E-state index in [2.05, 4.69) is 5.32 Å². The number of carboxylic acids is 1. The van der Waals surface area contributed by atoms with E-state index in [4.69, 9.17) is 5.11 Å². The molecule has 0 radical (unpaired) electrons. The zero-order valence-electron chi connectivity index (χ0n) is 10.8. The van der Waals surface area contributed by atoms with Crippen LogP contribution in [0.25, 0.3) is 0 Å². The molecule has 1 aliphatic rings. The fourth-order valence-electron chi connectivity index (χ4n) is 2.10. The number of hydrogen-bond acceptors (Lipinski definition) is 2. The summed E-state index contributed by atoms with van der Waals surface area (Å²) in [6.07, 6.45) is 0.390. The Morgan fingerprint density at radius 3 is 2.32 bits per heavy atom. The number of benzene rings is 1. The summed E-state index contributed by atoms with van der Waals surface area (Å²) in [6.45, 7) is 3.60. The number of nitrogens with one attached hydrogen (secondary N) is 1. The third kappa shape index (κ3) is 2.92. The average molecular weight is 265 g/mol. The third-order valence-corrected chi connectivity index (χ3v) is 3.45. The number of amides is 1. The van der Waals surface area contributed by atoms with Crippen LogP contribution in [0.2, 0.25) is 0 Å². The van der Waals surface area contributed by atoms with Gasteiger partial charge in [-0.05, 0) is 38.0 Å². The van der Waals surface area contributed by atoms with Crippen LogP contribution in [0.15, 0.2) is 24.3 Å². The Morgan fingerprint density at radius 2 is 1.84 bits per heavy atom. The highest BCUT2D eigenvalue weighted by atomic mass is 19.1. The minimum atomic E-state index is -0.931. The second-order valence-electron chi connectivity index (χ2n) is 5.41. The molecule has 2 atom stereocenters. The van der Waals surface area contributed by atoms with E-state index in [9.17, 15) is 14.0 Å². The summed E-state index contributed by atoms with van der Waals surface area (Å²) >= 11 is 0. The van der Waals surface area contributed by atoms with Crippen LogP contribution in [0.4, 0.5) is 4.39 Å². The van der Waals surface area contributed by atoms with Crippen molar-refractivity contribution in [2.24, 2.45) is 11.8 Å². The number of rotatable bonds is 4. The molecule has 0 bridgehead atoms. The minimum absolute atomic E-state index is 0.262. The normalized spacial score (nSPS) is 21.8. The van der Waals surface area contributed by atoms with Crippen molar-refractivity contribution in [3.8, 4) is 0 Å². The molecular weight excluding hydrogens is 249 g/mol. The molecule has 4 nitrogen and oxygen atoms in total. The Kier molecular flexibility index (Phi) is 3.30. The summed E-state index contributed by atoms with van der Waals surface area (Å²) in [5.41, 5.74) is 0.117. The van der Waals surface area contributed by atoms with E-state index in [0.29, 0.717) is 6.42 Å².